The molecule has 5 nitrogen and oxygen atoms in total. The van der Waals surface area contributed by atoms with Gasteiger partial charge >= 0.3 is 5.97 Å². The number of carbonyl (C=O) groups is 1. The molecule has 0 saturated heterocycles. The van der Waals surface area contributed by atoms with Crippen LogP contribution in [0.15, 0.2) is 47.3 Å². The molecule has 1 aliphatic carbocycles. The Morgan fingerprint density at radius 2 is 1.93 bits per heavy atom. The molecule has 1 N–H and O–H groups in total. The number of pyridine rings is 1. The maximum Gasteiger partial charge on any atom is 0.302 e. The minimum atomic E-state index is -0.462. The SMILES string of the molecule is CC(=O)OCc1cc(=O)n(C2CC2)c2cc(-c3ccc(O)cc3)c(F)cc12. The Morgan fingerprint density at radius 3 is 2.56 bits per heavy atom. The van der Waals surface area contributed by atoms with Crippen molar-refractivity contribution in [1.29, 1.82) is 0 Å². The van der Waals surface area contributed by atoms with Crippen LogP contribution in [0.4, 0.5) is 4.39 Å². The highest BCUT2D eigenvalue weighted by Crippen LogP contribution is 2.38. The van der Waals surface area contributed by atoms with E-state index in [1.807, 2.05) is 0 Å². The number of aromatic hydroxyl groups is 1. The van der Waals surface area contributed by atoms with E-state index in [2.05, 4.69) is 0 Å². The first kappa shape index (κ1) is 17.3. The highest BCUT2D eigenvalue weighted by atomic mass is 19.1. The summed E-state index contributed by atoms with van der Waals surface area (Å²) in [6, 6.07) is 10.8. The smallest absolute Gasteiger partial charge is 0.302 e. The Balaban J connectivity index is 1.95. The summed E-state index contributed by atoms with van der Waals surface area (Å²) in [5.74, 6) is -0.813. The molecule has 1 saturated carbocycles. The number of nitrogens with zero attached hydrogens (tertiary/aromatic N) is 1. The lowest BCUT2D eigenvalue weighted by atomic mass is 10.0. The van der Waals surface area contributed by atoms with Gasteiger partial charge in [0.05, 0.1) is 5.52 Å². The summed E-state index contributed by atoms with van der Waals surface area (Å²) in [7, 11) is 0. The maximum absolute atomic E-state index is 14.9. The van der Waals surface area contributed by atoms with Gasteiger partial charge in [-0.25, -0.2) is 4.39 Å². The van der Waals surface area contributed by atoms with Gasteiger partial charge in [-0.2, -0.15) is 0 Å². The topological polar surface area (TPSA) is 68.5 Å². The molecule has 0 amide bonds. The summed E-state index contributed by atoms with van der Waals surface area (Å²) in [5, 5.41) is 10.0. The average Bonchev–Trinajstić information content (AvgIpc) is 3.45. The third-order valence-electron chi connectivity index (χ3n) is 4.75. The zero-order valence-corrected chi connectivity index (χ0v) is 14.7. The van der Waals surface area contributed by atoms with Gasteiger partial charge in [0.1, 0.15) is 18.2 Å². The van der Waals surface area contributed by atoms with Gasteiger partial charge in [0.2, 0.25) is 0 Å². The molecule has 0 bridgehead atoms. The number of fused-ring (bicyclic) bond motifs is 1. The van der Waals surface area contributed by atoms with E-state index in [0.717, 1.165) is 12.8 Å². The second-order valence-corrected chi connectivity index (χ2v) is 6.79. The Kier molecular flexibility index (Phi) is 4.18. The molecule has 27 heavy (non-hydrogen) atoms. The van der Waals surface area contributed by atoms with Crippen LogP contribution >= 0.6 is 0 Å². The number of aromatic nitrogens is 1. The lowest BCUT2D eigenvalue weighted by Gasteiger charge is -2.15. The van der Waals surface area contributed by atoms with E-state index in [1.54, 1.807) is 22.8 Å². The van der Waals surface area contributed by atoms with Crippen LogP contribution in [0.25, 0.3) is 22.0 Å². The van der Waals surface area contributed by atoms with Crippen LogP contribution in [0.1, 0.15) is 31.4 Å². The van der Waals surface area contributed by atoms with Gasteiger partial charge in [-0.1, -0.05) is 12.1 Å². The molecule has 3 aromatic rings. The van der Waals surface area contributed by atoms with E-state index in [4.69, 9.17) is 4.74 Å². The van der Waals surface area contributed by atoms with E-state index in [0.29, 0.717) is 27.6 Å². The Hall–Kier alpha value is -3.15. The van der Waals surface area contributed by atoms with E-state index in [1.165, 1.54) is 31.2 Å². The molecule has 0 unspecified atom stereocenters. The van der Waals surface area contributed by atoms with Crippen molar-refractivity contribution in [1.82, 2.24) is 4.57 Å². The number of carbonyl (C=O) groups excluding carboxylic acids is 1. The maximum atomic E-state index is 14.9. The van der Waals surface area contributed by atoms with Crippen LogP contribution in [0.2, 0.25) is 0 Å². The lowest BCUT2D eigenvalue weighted by molar-refractivity contribution is -0.142. The minimum absolute atomic E-state index is 0.0788. The van der Waals surface area contributed by atoms with Gasteiger partial charge in [-0.3, -0.25) is 9.59 Å². The van der Waals surface area contributed by atoms with Gasteiger partial charge in [0, 0.05) is 35.5 Å². The molecule has 1 fully saturated rings. The number of phenols is 1. The summed E-state index contributed by atoms with van der Waals surface area (Å²) in [4.78, 5) is 23.8. The Bertz CT molecular complexity index is 1100. The van der Waals surface area contributed by atoms with Crippen LogP contribution < -0.4 is 5.56 Å². The summed E-state index contributed by atoms with van der Waals surface area (Å²) in [6.07, 6.45) is 1.81. The Morgan fingerprint density at radius 1 is 1.22 bits per heavy atom. The normalized spacial score (nSPS) is 13.7. The highest BCUT2D eigenvalue weighted by molar-refractivity contribution is 5.88. The van der Waals surface area contributed by atoms with E-state index >= 15 is 0 Å². The van der Waals surface area contributed by atoms with Gasteiger partial charge in [0.15, 0.2) is 0 Å². The van der Waals surface area contributed by atoms with Crippen LogP contribution in [0.5, 0.6) is 5.75 Å². The number of phenolic OH excluding ortho intramolecular Hbond substituents is 1. The second kappa shape index (κ2) is 6.54. The molecule has 1 heterocycles. The minimum Gasteiger partial charge on any atom is -0.508 e. The molecular formula is C21H18FNO4. The average molecular weight is 367 g/mol. The number of halogens is 1. The summed E-state index contributed by atoms with van der Waals surface area (Å²) < 4.78 is 21.6. The molecule has 6 heteroatoms. The van der Waals surface area contributed by atoms with Crippen molar-refractivity contribution in [3.8, 4) is 16.9 Å². The van der Waals surface area contributed by atoms with Gasteiger partial charge < -0.3 is 14.4 Å². The molecular weight excluding hydrogens is 349 g/mol. The third kappa shape index (κ3) is 3.30. The molecule has 0 aliphatic heterocycles. The van der Waals surface area contributed by atoms with Crippen LogP contribution in [0, 0.1) is 5.82 Å². The molecule has 1 aromatic heterocycles. The Labute approximate surface area is 154 Å². The van der Waals surface area contributed by atoms with Crippen LogP contribution in [0.3, 0.4) is 0 Å². The molecule has 1 aliphatic rings. The fourth-order valence-corrected chi connectivity index (χ4v) is 3.30. The molecule has 138 valence electrons. The van der Waals surface area contributed by atoms with Gasteiger partial charge in [-0.15, -0.1) is 0 Å². The second-order valence-electron chi connectivity index (χ2n) is 6.79. The predicted molar refractivity (Wildman–Crippen MR) is 99.0 cm³/mol. The first-order valence-electron chi connectivity index (χ1n) is 8.74. The van der Waals surface area contributed by atoms with Crippen molar-refractivity contribution >= 4 is 16.9 Å². The van der Waals surface area contributed by atoms with Crippen molar-refractivity contribution in [3.63, 3.8) is 0 Å². The molecule has 0 spiro atoms. The van der Waals surface area contributed by atoms with E-state index in [-0.39, 0.29) is 24.0 Å². The van der Waals surface area contributed by atoms with Crippen molar-refractivity contribution in [3.05, 3.63) is 64.2 Å². The largest absolute Gasteiger partial charge is 0.508 e. The standard InChI is InChI=1S/C21H18FNO4/c1-12(24)27-11-14-8-21(26)23(15-4-5-15)20-10-17(19(22)9-18(14)20)13-2-6-16(25)7-3-13/h2-3,6-10,15,25H,4-5,11H2,1H3. The van der Waals surface area contributed by atoms with Gasteiger partial charge in [-0.05, 0) is 42.7 Å². The molecule has 4 rings (SSSR count). The number of ether oxygens (including phenoxy) is 1. The monoisotopic (exact) mass is 367 g/mol. The van der Waals surface area contributed by atoms with E-state index in [9.17, 15) is 19.1 Å². The number of rotatable bonds is 4. The van der Waals surface area contributed by atoms with E-state index < -0.39 is 11.8 Å². The van der Waals surface area contributed by atoms with Crippen LogP contribution in [-0.4, -0.2) is 15.6 Å². The number of benzene rings is 2. The van der Waals surface area contributed by atoms with Gasteiger partial charge in [0.25, 0.3) is 5.56 Å². The zero-order valence-electron chi connectivity index (χ0n) is 14.7. The predicted octanol–water partition coefficient (Wildman–Crippen LogP) is 3.91. The molecule has 2 aromatic carbocycles. The summed E-state index contributed by atoms with van der Waals surface area (Å²) >= 11 is 0. The summed E-state index contributed by atoms with van der Waals surface area (Å²) in [6.45, 7) is 1.21. The van der Waals surface area contributed by atoms with Crippen molar-refractivity contribution < 1.29 is 19.0 Å². The quantitative estimate of drug-likeness (QED) is 0.710. The fraction of sp³-hybridized carbons (Fsp3) is 0.238. The third-order valence-corrected chi connectivity index (χ3v) is 4.75. The van der Waals surface area contributed by atoms with Crippen molar-refractivity contribution in [2.24, 2.45) is 0 Å². The summed E-state index contributed by atoms with van der Waals surface area (Å²) in [5.41, 5.74) is 1.87. The molecule has 0 atom stereocenters. The number of esters is 1. The van der Waals surface area contributed by atoms with Crippen LogP contribution in [-0.2, 0) is 16.1 Å². The zero-order chi connectivity index (χ0) is 19.1. The van der Waals surface area contributed by atoms with Crippen molar-refractivity contribution in [2.45, 2.75) is 32.4 Å². The molecule has 0 radical (unpaired) electrons. The first-order chi connectivity index (χ1) is 12.9. The number of hydrogen-bond donors (Lipinski definition) is 1. The van der Waals surface area contributed by atoms with Crippen molar-refractivity contribution in [2.75, 3.05) is 0 Å². The lowest BCUT2D eigenvalue weighted by Crippen LogP contribution is -2.20. The fourth-order valence-electron chi connectivity index (χ4n) is 3.30. The first-order valence-corrected chi connectivity index (χ1v) is 8.74. The highest BCUT2D eigenvalue weighted by Gasteiger charge is 2.27. The number of hydrogen-bond acceptors (Lipinski definition) is 4.